The van der Waals surface area contributed by atoms with Crippen LogP contribution in [-0.2, 0) is 0 Å². The van der Waals surface area contributed by atoms with Gasteiger partial charge >= 0.3 is 5.95 Å². The number of carbonyl (C=O) groups is 1. The Balaban J connectivity index is 1.42. The number of methoxy groups -OCH3 is 1. The fourth-order valence-electron chi connectivity index (χ4n) is 5.12. The van der Waals surface area contributed by atoms with Crippen molar-refractivity contribution in [3.63, 3.8) is 0 Å². The SMILES string of the molecule is CCCN1CCC(c2ccc(Nc3nc(Nc4cc(F)c(F)cc4C(N)=O)c4cc[nH]c4[nH+]3)c(OC)c2)CC1. The van der Waals surface area contributed by atoms with Gasteiger partial charge in [0.1, 0.15) is 5.69 Å². The number of fused-ring (bicyclic) bond motifs is 1. The fourth-order valence-corrected chi connectivity index (χ4v) is 5.12. The van der Waals surface area contributed by atoms with Crippen LogP contribution in [0.5, 0.6) is 5.75 Å². The first-order valence-corrected chi connectivity index (χ1v) is 13.0. The normalized spacial score (nSPS) is 14.5. The standard InChI is InChI=1S/C28H31F2N7O2/c1-3-10-37-11-7-16(8-12-37)17-4-5-22(24(13-17)39-2)34-28-35-26-18(6-9-32-26)27(36-28)33-23-15-21(30)20(29)14-19(23)25(31)38/h4-6,9,13-16H,3,7-8,10-12H2,1-2H3,(H2,31,38)(H3,32,33,34,35,36)/p+1. The largest absolute Gasteiger partial charge is 0.493 e. The number of anilines is 4. The Morgan fingerprint density at radius 1 is 1.15 bits per heavy atom. The lowest BCUT2D eigenvalue weighted by atomic mass is 9.89. The highest BCUT2D eigenvalue weighted by molar-refractivity contribution is 6.00. The van der Waals surface area contributed by atoms with Crippen LogP contribution in [0.4, 0.5) is 31.9 Å². The molecule has 2 aromatic heterocycles. The fraction of sp³-hybridized carbons (Fsp3) is 0.321. The Hall–Kier alpha value is -4.25. The Morgan fingerprint density at radius 2 is 1.92 bits per heavy atom. The zero-order valence-electron chi connectivity index (χ0n) is 21.9. The maximum absolute atomic E-state index is 14.0. The number of piperidine rings is 1. The number of hydrogen-bond acceptors (Lipinski definition) is 6. The molecule has 1 fully saturated rings. The van der Waals surface area contributed by atoms with E-state index in [1.165, 1.54) is 12.0 Å². The van der Waals surface area contributed by atoms with Crippen molar-refractivity contribution in [2.75, 3.05) is 37.4 Å². The lowest BCUT2D eigenvalue weighted by Crippen LogP contribution is -2.33. The molecule has 0 atom stereocenters. The number of aromatic nitrogens is 3. The number of likely N-dealkylation sites (tertiary alicyclic amines) is 1. The molecule has 4 aromatic rings. The summed E-state index contributed by atoms with van der Waals surface area (Å²) in [7, 11) is 1.63. The van der Waals surface area contributed by atoms with E-state index in [-0.39, 0.29) is 11.3 Å². The molecule has 0 unspecified atom stereocenters. The summed E-state index contributed by atoms with van der Waals surface area (Å²) in [6.45, 7) is 5.55. The topological polar surface area (TPSA) is 122 Å². The summed E-state index contributed by atoms with van der Waals surface area (Å²) in [4.78, 5) is 25.3. The molecular formula is C28H32F2N7O2+. The first-order valence-electron chi connectivity index (χ1n) is 13.0. The highest BCUT2D eigenvalue weighted by atomic mass is 19.2. The number of benzene rings is 2. The summed E-state index contributed by atoms with van der Waals surface area (Å²) in [5, 5.41) is 6.83. The summed E-state index contributed by atoms with van der Waals surface area (Å²) in [6, 6.07) is 9.55. The number of nitrogens with one attached hydrogen (secondary N) is 4. The third-order valence-electron chi connectivity index (χ3n) is 7.13. The van der Waals surface area contributed by atoms with Crippen molar-refractivity contribution in [3.8, 4) is 5.75 Å². The highest BCUT2D eigenvalue weighted by Crippen LogP contribution is 2.35. The molecule has 1 saturated heterocycles. The number of nitrogens with zero attached hydrogens (tertiary/aromatic N) is 2. The molecule has 204 valence electrons. The molecule has 3 heterocycles. The average molecular weight is 537 g/mol. The summed E-state index contributed by atoms with van der Waals surface area (Å²) < 4.78 is 33.5. The number of amides is 1. The van der Waals surface area contributed by atoms with Crippen molar-refractivity contribution in [1.29, 1.82) is 0 Å². The van der Waals surface area contributed by atoms with Gasteiger partial charge in [-0.1, -0.05) is 18.0 Å². The van der Waals surface area contributed by atoms with E-state index in [0.29, 0.717) is 40.2 Å². The van der Waals surface area contributed by atoms with Gasteiger partial charge in [-0.3, -0.25) is 15.1 Å². The molecule has 0 bridgehead atoms. The van der Waals surface area contributed by atoms with Gasteiger partial charge in [0.05, 0.1) is 23.7 Å². The minimum absolute atomic E-state index is 0.000433. The van der Waals surface area contributed by atoms with Gasteiger partial charge in [-0.15, -0.1) is 0 Å². The first kappa shape index (κ1) is 26.4. The third-order valence-corrected chi connectivity index (χ3v) is 7.13. The first-order chi connectivity index (χ1) is 18.9. The van der Waals surface area contributed by atoms with E-state index in [9.17, 15) is 13.6 Å². The predicted molar refractivity (Wildman–Crippen MR) is 146 cm³/mol. The number of primary amides is 1. The second kappa shape index (κ2) is 11.2. The van der Waals surface area contributed by atoms with Crippen LogP contribution in [0.2, 0.25) is 0 Å². The van der Waals surface area contributed by atoms with E-state index in [4.69, 9.17) is 10.5 Å². The quantitative estimate of drug-likeness (QED) is 0.243. The maximum Gasteiger partial charge on any atom is 0.351 e. The number of hydrogen-bond donors (Lipinski definition) is 4. The molecule has 9 nitrogen and oxygen atoms in total. The Bertz CT molecular complexity index is 1500. The highest BCUT2D eigenvalue weighted by Gasteiger charge is 2.23. The number of nitrogens with two attached hydrogens (primary N) is 1. The minimum Gasteiger partial charge on any atom is -0.493 e. The molecule has 0 saturated carbocycles. The van der Waals surface area contributed by atoms with Gasteiger partial charge in [0.25, 0.3) is 5.91 Å². The van der Waals surface area contributed by atoms with Crippen LogP contribution in [0.1, 0.15) is 48.0 Å². The van der Waals surface area contributed by atoms with Crippen LogP contribution in [0, 0.1) is 11.6 Å². The van der Waals surface area contributed by atoms with Gasteiger partial charge < -0.3 is 20.7 Å². The number of carbonyl (C=O) groups excluding carboxylic acids is 1. The number of halogens is 2. The maximum atomic E-state index is 14.0. The van der Waals surface area contributed by atoms with Gasteiger partial charge in [0.15, 0.2) is 17.4 Å². The number of H-pyrrole nitrogens is 2. The van der Waals surface area contributed by atoms with Crippen molar-refractivity contribution >= 4 is 40.1 Å². The molecule has 1 aliphatic heterocycles. The van der Waals surface area contributed by atoms with E-state index in [1.807, 2.05) is 6.07 Å². The molecular weight excluding hydrogens is 504 g/mol. The number of rotatable bonds is 9. The van der Waals surface area contributed by atoms with Gasteiger partial charge in [0.2, 0.25) is 11.5 Å². The molecule has 0 spiro atoms. The summed E-state index contributed by atoms with van der Waals surface area (Å²) in [5.41, 5.74) is 7.77. The Kier molecular flexibility index (Phi) is 7.60. The van der Waals surface area contributed by atoms with Crippen LogP contribution >= 0.6 is 0 Å². The average Bonchev–Trinajstić information content (AvgIpc) is 3.40. The Morgan fingerprint density at radius 3 is 2.64 bits per heavy atom. The summed E-state index contributed by atoms with van der Waals surface area (Å²) in [5.74, 6) is -1.37. The monoisotopic (exact) mass is 536 g/mol. The van der Waals surface area contributed by atoms with Crippen molar-refractivity contribution in [2.45, 2.75) is 32.1 Å². The summed E-state index contributed by atoms with van der Waals surface area (Å²) >= 11 is 0. The second-order valence-electron chi connectivity index (χ2n) is 9.70. The molecule has 6 N–H and O–H groups in total. The lowest BCUT2D eigenvalue weighted by molar-refractivity contribution is -0.333. The van der Waals surface area contributed by atoms with Gasteiger partial charge in [-0.05, 0) is 74.6 Å². The minimum atomic E-state index is -1.17. The third kappa shape index (κ3) is 5.63. The Labute approximate surface area is 224 Å². The van der Waals surface area contributed by atoms with E-state index in [0.717, 1.165) is 44.6 Å². The van der Waals surface area contributed by atoms with Crippen molar-refractivity contribution in [2.24, 2.45) is 5.73 Å². The number of aromatic amines is 2. The van der Waals surface area contributed by atoms with E-state index >= 15 is 0 Å². The summed E-state index contributed by atoms with van der Waals surface area (Å²) in [6.07, 6.45) is 5.10. The van der Waals surface area contributed by atoms with Gasteiger partial charge in [0, 0.05) is 12.3 Å². The van der Waals surface area contributed by atoms with E-state index < -0.39 is 17.5 Å². The molecule has 1 aliphatic rings. The lowest BCUT2D eigenvalue weighted by Gasteiger charge is -2.32. The van der Waals surface area contributed by atoms with Crippen LogP contribution in [-0.4, -0.2) is 47.5 Å². The molecule has 0 aliphatic carbocycles. The smallest absolute Gasteiger partial charge is 0.351 e. The van der Waals surface area contributed by atoms with Crippen molar-refractivity contribution < 1.29 is 23.3 Å². The molecule has 39 heavy (non-hydrogen) atoms. The number of ether oxygens (including phenoxy) is 1. The molecule has 2 aromatic carbocycles. The zero-order chi connectivity index (χ0) is 27.5. The van der Waals surface area contributed by atoms with Crippen LogP contribution in [0.3, 0.4) is 0 Å². The molecule has 0 radical (unpaired) electrons. The van der Waals surface area contributed by atoms with E-state index in [2.05, 4.69) is 49.5 Å². The molecule has 11 heteroatoms. The zero-order valence-corrected chi connectivity index (χ0v) is 21.9. The van der Waals surface area contributed by atoms with Gasteiger partial charge in [-0.25, -0.2) is 13.8 Å². The second-order valence-corrected chi connectivity index (χ2v) is 9.70. The van der Waals surface area contributed by atoms with Crippen molar-refractivity contribution in [3.05, 3.63) is 65.4 Å². The van der Waals surface area contributed by atoms with Crippen LogP contribution in [0.15, 0.2) is 42.6 Å². The van der Waals surface area contributed by atoms with Crippen molar-refractivity contribution in [1.82, 2.24) is 14.9 Å². The van der Waals surface area contributed by atoms with E-state index in [1.54, 1.807) is 19.4 Å². The predicted octanol–water partition coefficient (Wildman–Crippen LogP) is 4.84. The van der Waals surface area contributed by atoms with Crippen LogP contribution < -0.4 is 26.1 Å². The van der Waals surface area contributed by atoms with Crippen LogP contribution in [0.25, 0.3) is 11.0 Å². The molecule has 5 rings (SSSR count). The van der Waals surface area contributed by atoms with Gasteiger partial charge in [-0.2, -0.15) is 0 Å². The molecule has 1 amide bonds.